The Labute approximate surface area is 93.4 Å². The van der Waals surface area contributed by atoms with Crippen LogP contribution < -0.4 is 0 Å². The van der Waals surface area contributed by atoms with E-state index in [1.54, 1.807) is 0 Å². The van der Waals surface area contributed by atoms with Gasteiger partial charge in [-0.2, -0.15) is 0 Å². The highest BCUT2D eigenvalue weighted by Crippen LogP contribution is 2.21. The molecule has 2 heteroatoms. The fourth-order valence-corrected chi connectivity index (χ4v) is 1.16. The molecule has 2 nitrogen and oxygen atoms in total. The molecule has 0 aromatic carbocycles. The van der Waals surface area contributed by atoms with Crippen molar-refractivity contribution in [1.82, 2.24) is 0 Å². The zero-order chi connectivity index (χ0) is 12.3. The molecule has 0 unspecified atom stereocenters. The summed E-state index contributed by atoms with van der Waals surface area (Å²) in [5.41, 5.74) is -0.546. The fourth-order valence-electron chi connectivity index (χ4n) is 1.16. The molecule has 0 rings (SSSR count). The van der Waals surface area contributed by atoms with Gasteiger partial charge in [0, 0.05) is 23.7 Å². The first-order chi connectivity index (χ1) is 6.55. The molecular formula is C13H24O2. The number of carbonyl (C=O) groups is 2. The highest BCUT2D eigenvalue weighted by molar-refractivity contribution is 5.86. The average molecular weight is 212 g/mol. The van der Waals surface area contributed by atoms with E-state index in [1.165, 1.54) is 0 Å². The maximum absolute atomic E-state index is 11.6. The van der Waals surface area contributed by atoms with E-state index in [-0.39, 0.29) is 22.4 Å². The molecule has 0 fully saturated rings. The fraction of sp³-hybridized carbons (Fsp3) is 0.846. The maximum Gasteiger partial charge on any atom is 0.138 e. The quantitative estimate of drug-likeness (QED) is 0.716. The van der Waals surface area contributed by atoms with E-state index in [1.807, 2.05) is 41.5 Å². The summed E-state index contributed by atoms with van der Waals surface area (Å²) in [5.74, 6) is 0.480. The number of hydrogen-bond donors (Lipinski definition) is 0. The summed E-state index contributed by atoms with van der Waals surface area (Å²) in [6.07, 6.45) is 1.73. The Morgan fingerprint density at radius 1 is 0.733 bits per heavy atom. The van der Waals surface area contributed by atoms with E-state index in [4.69, 9.17) is 0 Å². The van der Waals surface area contributed by atoms with Crippen molar-refractivity contribution in [2.75, 3.05) is 0 Å². The van der Waals surface area contributed by atoms with E-state index in [9.17, 15) is 9.59 Å². The molecule has 0 aromatic heterocycles. The van der Waals surface area contributed by atoms with E-state index < -0.39 is 0 Å². The number of carbonyl (C=O) groups excluding carboxylic acids is 2. The van der Waals surface area contributed by atoms with Gasteiger partial charge < -0.3 is 0 Å². The summed E-state index contributed by atoms with van der Waals surface area (Å²) in [5, 5.41) is 0. The third kappa shape index (κ3) is 5.71. The molecule has 0 N–H and O–H groups in total. The van der Waals surface area contributed by atoms with Gasteiger partial charge in [-0.25, -0.2) is 0 Å². The zero-order valence-electron chi connectivity index (χ0n) is 10.9. The van der Waals surface area contributed by atoms with Gasteiger partial charge in [0.1, 0.15) is 11.6 Å². The predicted molar refractivity (Wildman–Crippen MR) is 62.8 cm³/mol. The molecule has 0 aliphatic heterocycles. The van der Waals surface area contributed by atoms with Crippen LogP contribution in [0.1, 0.15) is 60.8 Å². The van der Waals surface area contributed by atoms with Crippen molar-refractivity contribution in [3.63, 3.8) is 0 Å². The molecule has 0 atom stereocenters. The van der Waals surface area contributed by atoms with Gasteiger partial charge in [0.25, 0.3) is 0 Å². The van der Waals surface area contributed by atoms with Crippen molar-refractivity contribution < 1.29 is 9.59 Å². The van der Waals surface area contributed by atoms with Gasteiger partial charge in [0.2, 0.25) is 0 Å². The van der Waals surface area contributed by atoms with Gasteiger partial charge in [-0.05, 0) is 6.42 Å². The molecular weight excluding hydrogens is 188 g/mol. The summed E-state index contributed by atoms with van der Waals surface area (Å²) in [6, 6.07) is 0. The second-order valence-electron chi connectivity index (χ2n) is 6.20. The van der Waals surface area contributed by atoms with E-state index in [2.05, 4.69) is 0 Å². The second kappa shape index (κ2) is 4.91. The van der Waals surface area contributed by atoms with Crippen molar-refractivity contribution in [2.24, 2.45) is 10.8 Å². The van der Waals surface area contributed by atoms with Gasteiger partial charge in [-0.15, -0.1) is 0 Å². The Balaban J connectivity index is 3.92. The molecule has 0 amide bonds. The standard InChI is InChI=1S/C13H24O2/c1-12(2,3)10(14)8-7-9-11(15)13(4,5)6/h7-9H2,1-6H3. The van der Waals surface area contributed by atoms with Crippen molar-refractivity contribution in [3.05, 3.63) is 0 Å². The van der Waals surface area contributed by atoms with Crippen LogP contribution in [0.2, 0.25) is 0 Å². The molecule has 0 heterocycles. The lowest BCUT2D eigenvalue weighted by Crippen LogP contribution is -2.22. The van der Waals surface area contributed by atoms with Crippen LogP contribution in [0.5, 0.6) is 0 Å². The van der Waals surface area contributed by atoms with Crippen LogP contribution in [-0.2, 0) is 9.59 Å². The van der Waals surface area contributed by atoms with Crippen molar-refractivity contribution in [1.29, 1.82) is 0 Å². The summed E-state index contributed by atoms with van der Waals surface area (Å²) in [7, 11) is 0. The molecule has 0 aliphatic carbocycles. The molecule has 0 aromatic rings. The third-order valence-electron chi connectivity index (χ3n) is 2.48. The SMILES string of the molecule is CC(C)(C)C(=O)CCCC(=O)C(C)(C)C. The molecule has 88 valence electrons. The molecule has 0 saturated heterocycles. The van der Waals surface area contributed by atoms with Crippen LogP contribution in [0.25, 0.3) is 0 Å². The molecule has 15 heavy (non-hydrogen) atoms. The number of ketones is 2. The predicted octanol–water partition coefficient (Wildman–Crippen LogP) is 3.39. The van der Waals surface area contributed by atoms with E-state index in [0.29, 0.717) is 19.3 Å². The first-order valence-electron chi connectivity index (χ1n) is 5.62. The monoisotopic (exact) mass is 212 g/mol. The number of Topliss-reactive ketones (excluding diaryl/α,β-unsaturated/α-hetero) is 2. The van der Waals surface area contributed by atoms with Crippen LogP contribution in [0.3, 0.4) is 0 Å². The Morgan fingerprint density at radius 2 is 1.00 bits per heavy atom. The molecule has 0 bridgehead atoms. The number of rotatable bonds is 4. The number of hydrogen-bond acceptors (Lipinski definition) is 2. The summed E-state index contributed by atoms with van der Waals surface area (Å²) >= 11 is 0. The first-order valence-corrected chi connectivity index (χ1v) is 5.62. The maximum atomic E-state index is 11.6. The van der Waals surface area contributed by atoms with Crippen LogP contribution >= 0.6 is 0 Å². The minimum Gasteiger partial charge on any atom is -0.299 e. The summed E-state index contributed by atoms with van der Waals surface area (Å²) < 4.78 is 0. The van der Waals surface area contributed by atoms with Crippen LogP contribution in [0.4, 0.5) is 0 Å². The topological polar surface area (TPSA) is 34.1 Å². The smallest absolute Gasteiger partial charge is 0.138 e. The van der Waals surface area contributed by atoms with Crippen LogP contribution in [-0.4, -0.2) is 11.6 Å². The van der Waals surface area contributed by atoms with Crippen molar-refractivity contribution in [3.8, 4) is 0 Å². The van der Waals surface area contributed by atoms with Gasteiger partial charge >= 0.3 is 0 Å². The Morgan fingerprint density at radius 3 is 1.20 bits per heavy atom. The second-order valence-corrected chi connectivity index (χ2v) is 6.20. The summed E-state index contributed by atoms with van der Waals surface area (Å²) in [4.78, 5) is 23.2. The largest absolute Gasteiger partial charge is 0.299 e. The summed E-state index contributed by atoms with van der Waals surface area (Å²) in [6.45, 7) is 11.5. The molecule has 0 aliphatic rings. The lowest BCUT2D eigenvalue weighted by Gasteiger charge is -2.18. The normalized spacial score (nSPS) is 12.7. The minimum absolute atomic E-state index is 0.240. The molecule has 0 saturated carbocycles. The lowest BCUT2D eigenvalue weighted by molar-refractivity contribution is -0.127. The highest BCUT2D eigenvalue weighted by atomic mass is 16.1. The van der Waals surface area contributed by atoms with Gasteiger partial charge in [0.15, 0.2) is 0 Å². The Kier molecular flexibility index (Phi) is 4.69. The van der Waals surface area contributed by atoms with Crippen LogP contribution in [0.15, 0.2) is 0 Å². The van der Waals surface area contributed by atoms with E-state index >= 15 is 0 Å². The van der Waals surface area contributed by atoms with Gasteiger partial charge in [0.05, 0.1) is 0 Å². The average Bonchev–Trinajstić information content (AvgIpc) is 2.00. The Hall–Kier alpha value is -0.660. The third-order valence-corrected chi connectivity index (χ3v) is 2.48. The van der Waals surface area contributed by atoms with Crippen LogP contribution in [0, 0.1) is 10.8 Å². The zero-order valence-corrected chi connectivity index (χ0v) is 10.9. The van der Waals surface area contributed by atoms with Crippen molar-refractivity contribution in [2.45, 2.75) is 60.8 Å². The highest BCUT2D eigenvalue weighted by Gasteiger charge is 2.23. The lowest BCUT2D eigenvalue weighted by atomic mass is 9.85. The minimum atomic E-state index is -0.273. The van der Waals surface area contributed by atoms with Gasteiger partial charge in [-0.3, -0.25) is 9.59 Å². The first kappa shape index (κ1) is 14.3. The van der Waals surface area contributed by atoms with Gasteiger partial charge in [-0.1, -0.05) is 41.5 Å². The molecule has 0 spiro atoms. The van der Waals surface area contributed by atoms with Crippen molar-refractivity contribution >= 4 is 11.6 Å². The molecule has 0 radical (unpaired) electrons. The van der Waals surface area contributed by atoms with E-state index in [0.717, 1.165) is 0 Å². The Bertz CT molecular complexity index is 212.